The van der Waals surface area contributed by atoms with Crippen molar-refractivity contribution in [2.45, 2.75) is 32.2 Å². The van der Waals surface area contributed by atoms with E-state index < -0.39 is 17.7 Å². The van der Waals surface area contributed by atoms with Gasteiger partial charge in [-0.25, -0.2) is 0 Å². The topological polar surface area (TPSA) is 101 Å². The number of rotatable bonds is 11. The number of carbonyl (C=O) groups excluding carboxylic acids is 2. The number of benzene rings is 1. The summed E-state index contributed by atoms with van der Waals surface area (Å²) in [5.74, 6) is -0.434. The van der Waals surface area contributed by atoms with Crippen molar-refractivity contribution in [2.75, 3.05) is 53.1 Å². The molecule has 1 unspecified atom stereocenters. The number of morpholine rings is 1. The molecule has 2 aliphatic heterocycles. The number of pyridine rings is 1. The molecule has 2 aliphatic rings. The molecule has 2 saturated heterocycles. The van der Waals surface area contributed by atoms with Crippen molar-refractivity contribution in [3.8, 4) is 11.5 Å². The van der Waals surface area contributed by atoms with E-state index in [2.05, 4.69) is 16.8 Å². The summed E-state index contributed by atoms with van der Waals surface area (Å²) >= 11 is 0. The van der Waals surface area contributed by atoms with Gasteiger partial charge in [-0.05, 0) is 42.7 Å². The summed E-state index contributed by atoms with van der Waals surface area (Å²) in [6.07, 6.45) is 5.69. The van der Waals surface area contributed by atoms with E-state index >= 15 is 0 Å². The molecule has 0 aliphatic carbocycles. The second kappa shape index (κ2) is 12.7. The van der Waals surface area contributed by atoms with Crippen molar-refractivity contribution < 1.29 is 28.9 Å². The number of hydrogen-bond acceptors (Lipinski definition) is 8. The van der Waals surface area contributed by atoms with Crippen LogP contribution in [0.4, 0.5) is 0 Å². The minimum Gasteiger partial charge on any atom is -0.507 e. The molecular formula is C28H35N3O6. The number of aliphatic hydroxyl groups is 1. The molecule has 0 saturated carbocycles. The van der Waals surface area contributed by atoms with Gasteiger partial charge in [0.25, 0.3) is 11.7 Å². The van der Waals surface area contributed by atoms with Crippen LogP contribution in [0.5, 0.6) is 11.5 Å². The van der Waals surface area contributed by atoms with Crippen LogP contribution in [-0.2, 0) is 14.3 Å². The normalized spacial score (nSPS) is 19.8. The maximum atomic E-state index is 13.3. The quantitative estimate of drug-likeness (QED) is 0.213. The lowest BCUT2D eigenvalue weighted by Gasteiger charge is -2.29. The van der Waals surface area contributed by atoms with Crippen LogP contribution < -0.4 is 9.47 Å². The molecule has 1 aromatic heterocycles. The van der Waals surface area contributed by atoms with Crippen LogP contribution in [0.25, 0.3) is 5.76 Å². The average Bonchev–Trinajstić information content (AvgIpc) is 3.19. The third-order valence-electron chi connectivity index (χ3n) is 6.73. The number of carbonyl (C=O) groups is 2. The molecule has 1 aromatic carbocycles. The number of methoxy groups -OCH3 is 1. The van der Waals surface area contributed by atoms with Gasteiger partial charge in [0.2, 0.25) is 0 Å². The molecule has 2 fully saturated rings. The molecule has 0 radical (unpaired) electrons. The van der Waals surface area contributed by atoms with Gasteiger partial charge in [-0.2, -0.15) is 0 Å². The van der Waals surface area contributed by atoms with Crippen LogP contribution in [0.1, 0.15) is 43.4 Å². The Morgan fingerprint density at radius 3 is 2.54 bits per heavy atom. The largest absolute Gasteiger partial charge is 0.507 e. The molecule has 0 spiro atoms. The number of aromatic nitrogens is 1. The summed E-state index contributed by atoms with van der Waals surface area (Å²) in [5.41, 5.74) is 1.16. The Morgan fingerprint density at radius 2 is 1.84 bits per heavy atom. The fraction of sp³-hybridized carbons (Fsp3) is 0.464. The van der Waals surface area contributed by atoms with E-state index in [1.54, 1.807) is 36.3 Å². The molecule has 4 rings (SSSR count). The number of nitrogens with zero attached hydrogens (tertiary/aromatic N) is 3. The first-order valence-corrected chi connectivity index (χ1v) is 12.8. The molecule has 37 heavy (non-hydrogen) atoms. The fourth-order valence-corrected chi connectivity index (χ4v) is 4.71. The van der Waals surface area contributed by atoms with Crippen molar-refractivity contribution in [1.29, 1.82) is 0 Å². The van der Waals surface area contributed by atoms with Crippen LogP contribution in [0.2, 0.25) is 0 Å². The molecule has 2 aromatic rings. The highest BCUT2D eigenvalue weighted by Crippen LogP contribution is 2.42. The fourth-order valence-electron chi connectivity index (χ4n) is 4.71. The van der Waals surface area contributed by atoms with Crippen LogP contribution in [0.3, 0.4) is 0 Å². The second-order valence-corrected chi connectivity index (χ2v) is 9.15. The van der Waals surface area contributed by atoms with Crippen LogP contribution >= 0.6 is 0 Å². The first kappa shape index (κ1) is 26.6. The van der Waals surface area contributed by atoms with E-state index in [9.17, 15) is 14.7 Å². The third kappa shape index (κ3) is 6.11. The van der Waals surface area contributed by atoms with Gasteiger partial charge in [-0.15, -0.1) is 0 Å². The second-order valence-electron chi connectivity index (χ2n) is 9.15. The molecule has 1 atom stereocenters. The van der Waals surface area contributed by atoms with Gasteiger partial charge in [-0.1, -0.05) is 19.4 Å². The first-order valence-electron chi connectivity index (χ1n) is 12.8. The van der Waals surface area contributed by atoms with Crippen molar-refractivity contribution in [3.05, 3.63) is 59.4 Å². The van der Waals surface area contributed by atoms with Crippen molar-refractivity contribution >= 4 is 17.4 Å². The molecular weight excluding hydrogens is 474 g/mol. The number of likely N-dealkylation sites (tertiary alicyclic amines) is 1. The van der Waals surface area contributed by atoms with E-state index in [0.29, 0.717) is 55.4 Å². The SMILES string of the molecule is CCCCOc1ccc(C2/C(=C(\O)c3ccncc3)C(=O)C(=O)N2CCCN2CCOCC2)cc1OC. The number of ether oxygens (including phenoxy) is 3. The summed E-state index contributed by atoms with van der Waals surface area (Å²) in [6.45, 7) is 6.91. The highest BCUT2D eigenvalue weighted by Gasteiger charge is 2.46. The highest BCUT2D eigenvalue weighted by molar-refractivity contribution is 6.46. The Hall–Kier alpha value is -3.43. The summed E-state index contributed by atoms with van der Waals surface area (Å²) in [7, 11) is 1.56. The third-order valence-corrected chi connectivity index (χ3v) is 6.73. The molecule has 198 valence electrons. The maximum absolute atomic E-state index is 13.3. The van der Waals surface area contributed by atoms with Crippen LogP contribution in [-0.4, -0.2) is 84.7 Å². The van der Waals surface area contributed by atoms with Gasteiger partial charge in [-0.3, -0.25) is 19.5 Å². The van der Waals surface area contributed by atoms with E-state index in [0.717, 1.165) is 32.5 Å². The van der Waals surface area contributed by atoms with E-state index in [1.807, 2.05) is 6.07 Å². The van der Waals surface area contributed by atoms with Crippen molar-refractivity contribution in [2.24, 2.45) is 0 Å². The van der Waals surface area contributed by atoms with Crippen LogP contribution in [0, 0.1) is 0 Å². The lowest BCUT2D eigenvalue weighted by atomic mass is 9.95. The maximum Gasteiger partial charge on any atom is 0.295 e. The lowest BCUT2D eigenvalue weighted by molar-refractivity contribution is -0.140. The van der Waals surface area contributed by atoms with Gasteiger partial charge in [0.05, 0.1) is 38.5 Å². The summed E-state index contributed by atoms with van der Waals surface area (Å²) in [5, 5.41) is 11.2. The molecule has 0 bridgehead atoms. The number of Topliss-reactive ketones (excluding diaryl/α,β-unsaturated/α-hetero) is 1. The zero-order valence-corrected chi connectivity index (χ0v) is 21.5. The zero-order chi connectivity index (χ0) is 26.2. The van der Waals surface area contributed by atoms with Crippen molar-refractivity contribution in [3.63, 3.8) is 0 Å². The lowest BCUT2D eigenvalue weighted by Crippen LogP contribution is -2.39. The minimum absolute atomic E-state index is 0.0595. The minimum atomic E-state index is -0.753. The Kier molecular flexibility index (Phi) is 9.14. The number of aliphatic hydroxyl groups excluding tert-OH is 1. The Labute approximate surface area is 217 Å². The van der Waals surface area contributed by atoms with E-state index in [1.165, 1.54) is 12.4 Å². The summed E-state index contributed by atoms with van der Waals surface area (Å²) in [4.78, 5) is 34.3. The van der Waals surface area contributed by atoms with E-state index in [-0.39, 0.29) is 11.3 Å². The molecule has 9 nitrogen and oxygen atoms in total. The average molecular weight is 510 g/mol. The van der Waals surface area contributed by atoms with Crippen LogP contribution in [0.15, 0.2) is 48.3 Å². The number of hydrogen-bond donors (Lipinski definition) is 1. The van der Waals surface area contributed by atoms with Gasteiger partial charge in [0.15, 0.2) is 11.5 Å². The molecule has 1 N–H and O–H groups in total. The Balaban J connectivity index is 1.68. The predicted molar refractivity (Wildman–Crippen MR) is 139 cm³/mol. The smallest absolute Gasteiger partial charge is 0.295 e. The monoisotopic (exact) mass is 509 g/mol. The standard InChI is InChI=1S/C28H35N3O6/c1-3-4-16-37-22-7-6-21(19-23(22)35-2)25-24(26(32)20-8-10-29-11-9-20)27(33)28(34)31(25)13-5-12-30-14-17-36-18-15-30/h6-11,19,25,32H,3-5,12-18H2,1-2H3/b26-24+. The van der Waals surface area contributed by atoms with Gasteiger partial charge in [0.1, 0.15) is 5.76 Å². The van der Waals surface area contributed by atoms with Gasteiger partial charge < -0.3 is 24.2 Å². The Bertz CT molecular complexity index is 1110. The molecule has 9 heteroatoms. The first-order chi connectivity index (χ1) is 18.0. The van der Waals surface area contributed by atoms with Crippen molar-refractivity contribution in [1.82, 2.24) is 14.8 Å². The molecule has 1 amide bonds. The van der Waals surface area contributed by atoms with E-state index in [4.69, 9.17) is 14.2 Å². The van der Waals surface area contributed by atoms with Gasteiger partial charge in [0, 0.05) is 44.1 Å². The highest BCUT2D eigenvalue weighted by atomic mass is 16.5. The number of ketones is 1. The number of unbranched alkanes of at least 4 members (excludes halogenated alkanes) is 1. The zero-order valence-electron chi connectivity index (χ0n) is 21.5. The Morgan fingerprint density at radius 1 is 1.08 bits per heavy atom. The summed E-state index contributed by atoms with van der Waals surface area (Å²) in [6, 6.07) is 7.88. The molecule has 3 heterocycles. The van der Waals surface area contributed by atoms with Gasteiger partial charge >= 0.3 is 0 Å². The predicted octanol–water partition coefficient (Wildman–Crippen LogP) is 3.41. The summed E-state index contributed by atoms with van der Waals surface area (Å²) < 4.78 is 16.9. The number of amides is 1.